The number of ether oxygens (including phenoxy) is 2. The molecule has 12 rings (SSSR count). The molecule has 2 saturated heterocycles. The Hall–Kier alpha value is -8.82. The van der Waals surface area contributed by atoms with Crippen LogP contribution in [0.3, 0.4) is 0 Å². The van der Waals surface area contributed by atoms with E-state index in [9.17, 15) is 9.59 Å². The Morgan fingerprint density at radius 3 is 1.25 bits per heavy atom. The lowest BCUT2D eigenvalue weighted by atomic mass is 10.2. The molecule has 2 fully saturated rings. The Morgan fingerprint density at radius 1 is 0.409 bits per heavy atom. The van der Waals surface area contributed by atoms with E-state index in [1.165, 1.54) is 11.4 Å². The highest BCUT2D eigenvalue weighted by Crippen LogP contribution is 2.32. The van der Waals surface area contributed by atoms with Gasteiger partial charge >= 0.3 is 0 Å². The number of H-pyrrole nitrogens is 4. The van der Waals surface area contributed by atoms with Crippen LogP contribution in [-0.2, 0) is 9.59 Å². The second-order valence-corrected chi connectivity index (χ2v) is 23.4. The van der Waals surface area contributed by atoms with Crippen LogP contribution < -0.4 is 40.5 Å². The number of imidazole rings is 4. The summed E-state index contributed by atoms with van der Waals surface area (Å²) >= 11 is 0. The second-order valence-electron chi connectivity index (χ2n) is 23.4. The van der Waals surface area contributed by atoms with Gasteiger partial charge in [-0.3, -0.25) is 9.59 Å². The molecule has 2 aliphatic heterocycles. The third-order valence-corrected chi connectivity index (χ3v) is 16.7. The van der Waals surface area contributed by atoms with Gasteiger partial charge in [0.05, 0.1) is 57.3 Å². The van der Waals surface area contributed by atoms with Gasteiger partial charge in [0.2, 0.25) is 11.8 Å². The van der Waals surface area contributed by atoms with Crippen molar-refractivity contribution in [3.05, 3.63) is 121 Å². The quantitative estimate of drug-likeness (QED) is 0.0205. The zero-order chi connectivity index (χ0) is 60.0. The van der Waals surface area contributed by atoms with Gasteiger partial charge in [0.25, 0.3) is 0 Å². The number of nitrogens with one attached hydrogen (secondary N) is 8. The number of piperazine rings is 2. The number of benzene rings is 6. The van der Waals surface area contributed by atoms with Gasteiger partial charge in [0.15, 0.2) is 0 Å². The average molecular weight is 1190 g/mol. The van der Waals surface area contributed by atoms with Gasteiger partial charge < -0.3 is 70.3 Å². The van der Waals surface area contributed by atoms with Crippen LogP contribution in [0.4, 0.5) is 11.4 Å². The van der Waals surface area contributed by atoms with Crippen molar-refractivity contribution in [3.8, 4) is 57.1 Å². The van der Waals surface area contributed by atoms with E-state index in [1.807, 2.05) is 60.7 Å². The Morgan fingerprint density at radius 2 is 0.807 bits per heavy atom. The standard InChI is InChI=1S/C68H82N16O4/c1-81-31-35-83(36-32-81)51-19-23-57-61(45-51)79-67(75-57)49-17-21-55-59(43-49)77-65(73-55)47-11-5-13-53(41-47)87-39-7-15-63(85)71-29-9-27-69-25-3-4-26-70-28-10-30-72-64(86)16-8-40-88-54-14-6-12-48(42-54)66-74-56-22-18-50(44-60(56)78-66)68-76-58-24-20-52(46-62(58)80-68)84-37-33-82(2)34-38-84/h5-6,11-14,17-24,41-46,69-70H,3-4,7-10,15-16,25-40H2,1-2H3,(H,71,85)(H,72,86)(H,73,77)(H,74,78)(H,75,79)(H,76,80). The molecule has 8 N–H and O–H groups in total. The van der Waals surface area contributed by atoms with E-state index in [-0.39, 0.29) is 11.8 Å². The van der Waals surface area contributed by atoms with Crippen LogP contribution in [0.25, 0.3) is 89.7 Å². The molecule has 0 aliphatic carbocycles. The Kier molecular flexibility index (Phi) is 19.5. The van der Waals surface area contributed by atoms with Crippen LogP contribution in [0.5, 0.6) is 11.5 Å². The summed E-state index contributed by atoms with van der Waals surface area (Å²) in [5.74, 6) is 4.73. The molecule has 6 heterocycles. The molecule has 2 amide bonds. The molecule has 20 nitrogen and oxygen atoms in total. The summed E-state index contributed by atoms with van der Waals surface area (Å²) in [5.41, 5.74) is 13.8. The van der Waals surface area contributed by atoms with Crippen molar-refractivity contribution < 1.29 is 19.1 Å². The average Bonchev–Trinajstić information content (AvgIpc) is 2.46. The fourth-order valence-electron chi connectivity index (χ4n) is 11.5. The van der Waals surface area contributed by atoms with Crippen LogP contribution in [0.1, 0.15) is 51.4 Å². The monoisotopic (exact) mass is 1190 g/mol. The number of amides is 2. The number of fused-ring (bicyclic) bond motifs is 4. The molecule has 10 aromatic rings. The zero-order valence-corrected chi connectivity index (χ0v) is 50.7. The molecule has 0 spiro atoms. The van der Waals surface area contributed by atoms with Crippen molar-refractivity contribution in [2.45, 2.75) is 51.4 Å². The first-order chi connectivity index (χ1) is 43.2. The number of likely N-dealkylation sites (N-methyl/N-ethyl adjacent to an activating group) is 2. The van der Waals surface area contributed by atoms with E-state index < -0.39 is 0 Å². The summed E-state index contributed by atoms with van der Waals surface area (Å²) in [7, 11) is 4.35. The van der Waals surface area contributed by atoms with E-state index in [4.69, 9.17) is 29.4 Å². The van der Waals surface area contributed by atoms with Gasteiger partial charge in [-0.1, -0.05) is 24.3 Å². The maximum atomic E-state index is 12.5. The topological polar surface area (TPSA) is 228 Å². The third-order valence-electron chi connectivity index (χ3n) is 16.7. The molecule has 0 bridgehead atoms. The second kappa shape index (κ2) is 28.8. The van der Waals surface area contributed by atoms with E-state index in [2.05, 4.69) is 136 Å². The molecule has 0 atom stereocenters. The molecule has 4 aromatic heterocycles. The molecule has 0 unspecified atom stereocenters. The predicted molar refractivity (Wildman–Crippen MR) is 352 cm³/mol. The fraction of sp³-hybridized carbons (Fsp3) is 0.382. The zero-order valence-electron chi connectivity index (χ0n) is 50.7. The molecule has 0 saturated carbocycles. The summed E-state index contributed by atoms with van der Waals surface area (Å²) in [6.07, 6.45) is 5.95. The number of aromatic nitrogens is 8. The van der Waals surface area contributed by atoms with Crippen molar-refractivity contribution in [3.63, 3.8) is 0 Å². The van der Waals surface area contributed by atoms with Crippen LogP contribution in [0, 0.1) is 0 Å². The van der Waals surface area contributed by atoms with Gasteiger partial charge in [-0.05, 0) is 176 Å². The van der Waals surface area contributed by atoms with Crippen LogP contribution in [0.2, 0.25) is 0 Å². The molecule has 2 aliphatic rings. The van der Waals surface area contributed by atoms with Gasteiger partial charge in [-0.2, -0.15) is 0 Å². The fourth-order valence-corrected chi connectivity index (χ4v) is 11.5. The van der Waals surface area contributed by atoms with E-state index in [0.29, 0.717) is 52.0 Å². The lowest BCUT2D eigenvalue weighted by Crippen LogP contribution is -2.44. The van der Waals surface area contributed by atoms with E-state index in [0.717, 1.165) is 205 Å². The number of hydrogen-bond donors (Lipinski definition) is 8. The highest BCUT2D eigenvalue weighted by Gasteiger charge is 2.19. The molecule has 88 heavy (non-hydrogen) atoms. The first-order valence-electron chi connectivity index (χ1n) is 31.5. The third kappa shape index (κ3) is 15.5. The minimum Gasteiger partial charge on any atom is -0.494 e. The maximum Gasteiger partial charge on any atom is 0.220 e. The lowest BCUT2D eigenvalue weighted by molar-refractivity contribution is -0.122. The van der Waals surface area contributed by atoms with Gasteiger partial charge in [-0.25, -0.2) is 19.9 Å². The number of anilines is 2. The Labute approximate surface area is 513 Å². The summed E-state index contributed by atoms with van der Waals surface area (Å²) in [4.78, 5) is 68.4. The lowest BCUT2D eigenvalue weighted by Gasteiger charge is -2.34. The first kappa shape index (κ1) is 59.5. The van der Waals surface area contributed by atoms with Gasteiger partial charge in [-0.15, -0.1) is 0 Å². The molecule has 0 radical (unpaired) electrons. The largest absolute Gasteiger partial charge is 0.494 e. The van der Waals surface area contributed by atoms with Crippen molar-refractivity contribution in [2.24, 2.45) is 0 Å². The Bertz CT molecular complexity index is 3690. The number of carbonyl (C=O) groups excluding carboxylic acids is 2. The van der Waals surface area contributed by atoms with Crippen molar-refractivity contribution in [2.75, 3.05) is 129 Å². The molecular weight excluding hydrogens is 1100 g/mol. The van der Waals surface area contributed by atoms with Gasteiger partial charge in [0, 0.05) is 112 Å². The summed E-state index contributed by atoms with van der Waals surface area (Å²) in [6, 6.07) is 41.2. The summed E-state index contributed by atoms with van der Waals surface area (Å²) in [5, 5.41) is 13.1. The van der Waals surface area contributed by atoms with E-state index >= 15 is 0 Å². The predicted octanol–water partition coefficient (Wildman–Crippen LogP) is 9.35. The summed E-state index contributed by atoms with van der Waals surface area (Å²) < 4.78 is 12.1. The van der Waals surface area contributed by atoms with Crippen molar-refractivity contribution in [1.29, 1.82) is 0 Å². The molecular formula is C68H82N16O4. The van der Waals surface area contributed by atoms with E-state index in [1.54, 1.807) is 0 Å². The van der Waals surface area contributed by atoms with Crippen LogP contribution in [0.15, 0.2) is 121 Å². The first-order valence-corrected chi connectivity index (χ1v) is 31.5. The maximum absolute atomic E-state index is 12.5. The Balaban J connectivity index is 0.464. The number of aromatic amines is 4. The summed E-state index contributed by atoms with van der Waals surface area (Å²) in [6.45, 7) is 14.1. The number of nitrogens with zero attached hydrogens (tertiary/aromatic N) is 8. The molecule has 6 aromatic carbocycles. The normalized spacial score (nSPS) is 14.2. The van der Waals surface area contributed by atoms with Crippen molar-refractivity contribution >= 4 is 67.3 Å². The molecule has 458 valence electrons. The SMILES string of the molecule is CN1CCN(c2ccc3[nH]c(-c4ccc5nc(-c6cccc(OCCCC(=O)NCCCNCCCCNCCCNC(=O)CCCOc7cccc(-c8nc9ccc(-c%10nc%11cc(N%12CCN(C)CC%12)ccc%11[nH]%10)cc9[nH]8)c7)c6)[nH]c5c4)nc3c2)CC1. The number of rotatable bonds is 29. The number of unbranched alkanes of at least 4 members (excludes halogenated alkanes) is 1. The minimum atomic E-state index is 0.0396. The minimum absolute atomic E-state index is 0.0396. The van der Waals surface area contributed by atoms with Crippen LogP contribution in [-0.4, -0.2) is 180 Å². The number of hydrogen-bond acceptors (Lipinski definition) is 14. The van der Waals surface area contributed by atoms with Crippen molar-refractivity contribution in [1.82, 2.24) is 70.9 Å². The van der Waals surface area contributed by atoms with Crippen LogP contribution >= 0.6 is 0 Å². The van der Waals surface area contributed by atoms with Gasteiger partial charge in [0.1, 0.15) is 34.8 Å². The highest BCUT2D eigenvalue weighted by molar-refractivity contribution is 5.89. The highest BCUT2D eigenvalue weighted by atomic mass is 16.5. The number of carbonyl (C=O) groups is 2. The molecule has 20 heteroatoms. The smallest absolute Gasteiger partial charge is 0.220 e.